The number of nitrogens with one attached hydrogen (secondary N) is 2. The topological polar surface area (TPSA) is 75.7 Å². The van der Waals surface area contributed by atoms with E-state index in [1.165, 1.54) is 5.56 Å². The third-order valence-corrected chi connectivity index (χ3v) is 4.56. The second-order valence-corrected chi connectivity index (χ2v) is 6.64. The van der Waals surface area contributed by atoms with Crippen molar-refractivity contribution in [2.24, 2.45) is 0 Å². The van der Waals surface area contributed by atoms with Gasteiger partial charge in [0.2, 0.25) is 5.88 Å². The first-order valence-electron chi connectivity index (χ1n) is 9.71. The summed E-state index contributed by atoms with van der Waals surface area (Å²) in [5.74, 6) is 0.557. The van der Waals surface area contributed by atoms with E-state index in [9.17, 15) is 4.79 Å². The highest BCUT2D eigenvalue weighted by Crippen LogP contribution is 2.13. The molecule has 7 heteroatoms. The van der Waals surface area contributed by atoms with Crippen LogP contribution >= 0.6 is 0 Å². The van der Waals surface area contributed by atoms with Gasteiger partial charge in [-0.05, 0) is 24.1 Å². The monoisotopic (exact) mass is 384 g/mol. The van der Waals surface area contributed by atoms with Gasteiger partial charge in [-0.15, -0.1) is 0 Å². The number of hydrogen-bond acceptors (Lipinski definition) is 5. The minimum absolute atomic E-state index is 0.219. The highest BCUT2D eigenvalue weighted by Gasteiger charge is 2.10. The van der Waals surface area contributed by atoms with Crippen LogP contribution in [-0.4, -0.2) is 48.8 Å². The van der Waals surface area contributed by atoms with E-state index >= 15 is 0 Å². The van der Waals surface area contributed by atoms with Crippen LogP contribution in [0.15, 0.2) is 42.6 Å². The molecule has 2 heterocycles. The molecule has 7 nitrogen and oxygen atoms in total. The quantitative estimate of drug-likeness (QED) is 0.731. The molecule has 3 rings (SSSR count). The lowest BCUT2D eigenvalue weighted by Crippen LogP contribution is -2.35. The maximum atomic E-state index is 12.1. The van der Waals surface area contributed by atoms with Crippen LogP contribution in [0.4, 0.5) is 4.79 Å². The molecule has 1 saturated heterocycles. The Morgan fingerprint density at radius 1 is 1.11 bits per heavy atom. The lowest BCUT2D eigenvalue weighted by atomic mass is 10.1. The van der Waals surface area contributed by atoms with Crippen LogP contribution in [0.3, 0.4) is 0 Å². The van der Waals surface area contributed by atoms with Crippen molar-refractivity contribution in [1.29, 1.82) is 0 Å². The summed E-state index contributed by atoms with van der Waals surface area (Å²) in [7, 11) is 0. The maximum Gasteiger partial charge on any atom is 0.315 e. The molecule has 1 fully saturated rings. The molecule has 0 saturated carbocycles. The summed E-state index contributed by atoms with van der Waals surface area (Å²) in [5, 5.41) is 5.73. The van der Waals surface area contributed by atoms with Crippen LogP contribution in [0.1, 0.15) is 23.6 Å². The molecule has 0 radical (unpaired) electrons. The Morgan fingerprint density at radius 2 is 1.82 bits per heavy atom. The lowest BCUT2D eigenvalue weighted by Gasteiger charge is -2.26. The first-order chi connectivity index (χ1) is 13.7. The van der Waals surface area contributed by atoms with Gasteiger partial charge in [0.1, 0.15) is 0 Å². The number of benzene rings is 1. The van der Waals surface area contributed by atoms with Crippen LogP contribution in [0.5, 0.6) is 5.88 Å². The molecule has 0 atom stereocenters. The van der Waals surface area contributed by atoms with Gasteiger partial charge in [0.05, 0.1) is 19.8 Å². The van der Waals surface area contributed by atoms with Crippen LogP contribution in [0, 0.1) is 0 Å². The number of urea groups is 1. The molecule has 0 bridgehead atoms. The fourth-order valence-corrected chi connectivity index (χ4v) is 3.03. The molecule has 28 heavy (non-hydrogen) atoms. The summed E-state index contributed by atoms with van der Waals surface area (Å²) in [6.07, 6.45) is 1.68. The predicted octanol–water partition coefficient (Wildman–Crippen LogP) is 2.31. The van der Waals surface area contributed by atoms with Gasteiger partial charge < -0.3 is 20.1 Å². The van der Waals surface area contributed by atoms with Gasteiger partial charge in [-0.25, -0.2) is 9.78 Å². The number of morpholine rings is 1. The first-order valence-corrected chi connectivity index (χ1v) is 9.71. The van der Waals surface area contributed by atoms with Crippen molar-refractivity contribution in [3.8, 4) is 5.88 Å². The molecule has 2 N–H and O–H groups in total. The minimum Gasteiger partial charge on any atom is -0.478 e. The van der Waals surface area contributed by atoms with Crippen molar-refractivity contribution in [1.82, 2.24) is 20.5 Å². The number of ether oxygens (including phenoxy) is 2. The zero-order chi connectivity index (χ0) is 19.6. The largest absolute Gasteiger partial charge is 0.478 e. The van der Waals surface area contributed by atoms with Gasteiger partial charge in [0, 0.05) is 44.5 Å². The predicted molar refractivity (Wildman–Crippen MR) is 107 cm³/mol. The number of rotatable bonds is 8. The van der Waals surface area contributed by atoms with Crippen LogP contribution < -0.4 is 15.4 Å². The summed E-state index contributed by atoms with van der Waals surface area (Å²) >= 11 is 0. The highest BCUT2D eigenvalue weighted by atomic mass is 16.5. The zero-order valence-corrected chi connectivity index (χ0v) is 16.3. The van der Waals surface area contributed by atoms with Crippen LogP contribution in [0.25, 0.3) is 0 Å². The Kier molecular flexibility index (Phi) is 7.63. The SMILES string of the molecule is CCOc1ncccc1CNC(=O)NCc1ccc(CN2CCOCC2)cc1. The van der Waals surface area contributed by atoms with Gasteiger partial charge in [-0.3, -0.25) is 4.90 Å². The Morgan fingerprint density at radius 3 is 2.57 bits per heavy atom. The molecule has 2 aromatic rings. The van der Waals surface area contributed by atoms with Crippen molar-refractivity contribution in [3.05, 3.63) is 59.3 Å². The van der Waals surface area contributed by atoms with E-state index in [1.54, 1.807) is 6.20 Å². The van der Waals surface area contributed by atoms with Crippen molar-refractivity contribution in [2.75, 3.05) is 32.9 Å². The van der Waals surface area contributed by atoms with Gasteiger partial charge in [-0.1, -0.05) is 30.3 Å². The molecule has 0 spiro atoms. The van der Waals surface area contributed by atoms with Gasteiger partial charge >= 0.3 is 6.03 Å². The van der Waals surface area contributed by atoms with Gasteiger partial charge in [0.15, 0.2) is 0 Å². The van der Waals surface area contributed by atoms with E-state index in [2.05, 4.69) is 44.8 Å². The minimum atomic E-state index is -0.219. The van der Waals surface area contributed by atoms with E-state index in [1.807, 2.05) is 19.1 Å². The maximum absolute atomic E-state index is 12.1. The normalized spacial score (nSPS) is 14.5. The van der Waals surface area contributed by atoms with Gasteiger partial charge in [0.25, 0.3) is 0 Å². The Labute approximate surface area is 166 Å². The second-order valence-electron chi connectivity index (χ2n) is 6.64. The van der Waals surface area contributed by atoms with Crippen LogP contribution in [0.2, 0.25) is 0 Å². The highest BCUT2D eigenvalue weighted by molar-refractivity contribution is 5.73. The molecular formula is C21H28N4O3. The Balaban J connectivity index is 1.42. The molecule has 1 aliphatic rings. The number of pyridine rings is 1. The summed E-state index contributed by atoms with van der Waals surface area (Å²) in [6.45, 7) is 7.80. The Bertz CT molecular complexity index is 746. The summed E-state index contributed by atoms with van der Waals surface area (Å²) in [6, 6.07) is 11.9. The molecule has 1 aromatic heterocycles. The third-order valence-electron chi connectivity index (χ3n) is 4.56. The standard InChI is InChI=1S/C21H28N4O3/c1-2-28-20-19(4-3-9-22-20)15-24-21(26)23-14-17-5-7-18(8-6-17)16-25-10-12-27-13-11-25/h3-9H,2,10-16H2,1H3,(H2,23,24,26). The zero-order valence-electron chi connectivity index (χ0n) is 16.3. The molecule has 0 unspecified atom stereocenters. The third kappa shape index (κ3) is 6.21. The summed E-state index contributed by atoms with van der Waals surface area (Å²) in [5.41, 5.74) is 3.19. The Hall–Kier alpha value is -2.64. The average molecular weight is 384 g/mol. The number of aromatic nitrogens is 1. The molecule has 1 aliphatic heterocycles. The van der Waals surface area contributed by atoms with Gasteiger partial charge in [-0.2, -0.15) is 0 Å². The number of amides is 2. The fourth-order valence-electron chi connectivity index (χ4n) is 3.03. The van der Waals surface area contributed by atoms with E-state index in [4.69, 9.17) is 9.47 Å². The smallest absolute Gasteiger partial charge is 0.315 e. The molecule has 150 valence electrons. The van der Waals surface area contributed by atoms with E-state index in [0.29, 0.717) is 25.6 Å². The number of nitrogens with zero attached hydrogens (tertiary/aromatic N) is 2. The van der Waals surface area contributed by atoms with E-state index < -0.39 is 0 Å². The van der Waals surface area contributed by atoms with Crippen molar-refractivity contribution >= 4 is 6.03 Å². The number of hydrogen-bond donors (Lipinski definition) is 2. The molecule has 1 aromatic carbocycles. The average Bonchev–Trinajstić information content (AvgIpc) is 2.73. The fraction of sp³-hybridized carbons (Fsp3) is 0.429. The first kappa shape index (κ1) is 20.1. The van der Waals surface area contributed by atoms with E-state index in [-0.39, 0.29) is 6.03 Å². The summed E-state index contributed by atoms with van der Waals surface area (Å²) in [4.78, 5) is 18.7. The van der Waals surface area contributed by atoms with Crippen molar-refractivity contribution in [3.63, 3.8) is 0 Å². The van der Waals surface area contributed by atoms with Crippen molar-refractivity contribution < 1.29 is 14.3 Å². The molecular weight excluding hydrogens is 356 g/mol. The van der Waals surface area contributed by atoms with Crippen LogP contribution in [-0.2, 0) is 24.4 Å². The second kappa shape index (κ2) is 10.6. The van der Waals surface area contributed by atoms with E-state index in [0.717, 1.165) is 44.0 Å². The molecule has 2 amide bonds. The lowest BCUT2D eigenvalue weighted by molar-refractivity contribution is 0.0342. The number of carbonyl (C=O) groups is 1. The van der Waals surface area contributed by atoms with Crippen molar-refractivity contribution in [2.45, 2.75) is 26.6 Å². The summed E-state index contributed by atoms with van der Waals surface area (Å²) < 4.78 is 10.9. The molecule has 0 aliphatic carbocycles. The number of carbonyl (C=O) groups excluding carboxylic acids is 1.